The Kier molecular flexibility index (Phi) is 2.88. The lowest BCUT2D eigenvalue weighted by Gasteiger charge is -2.01. The van der Waals surface area contributed by atoms with E-state index in [0.29, 0.717) is 0 Å². The Hall–Kier alpha value is -2.55. The summed E-state index contributed by atoms with van der Waals surface area (Å²) in [5.41, 5.74) is 5.52. The molecular formula is C9H7N3O3. The molecule has 0 unspecified atom stereocenters. The number of nitrogens with zero attached hydrogens (tertiary/aromatic N) is 2. The van der Waals surface area contributed by atoms with Crippen LogP contribution in [0.2, 0.25) is 0 Å². The van der Waals surface area contributed by atoms with Crippen LogP contribution in [0.4, 0.5) is 0 Å². The first kappa shape index (κ1) is 10.5. The number of aromatic carboxylic acids is 1. The Morgan fingerprint density at radius 3 is 2.47 bits per heavy atom. The molecular weight excluding hydrogens is 198 g/mol. The third kappa shape index (κ3) is 2.22. The molecule has 4 N–H and O–H groups in total. The highest BCUT2D eigenvalue weighted by Gasteiger charge is 2.09. The second-order valence-corrected chi connectivity index (χ2v) is 2.70. The van der Waals surface area contributed by atoms with Gasteiger partial charge in [-0.2, -0.15) is 5.26 Å². The zero-order valence-electron chi connectivity index (χ0n) is 7.51. The Morgan fingerprint density at radius 1 is 1.40 bits per heavy atom. The maximum atomic E-state index is 10.7. The SMILES string of the molecule is N#Cc1cc(C(=O)O)cc(/C(N)=N\O)c1. The molecule has 0 atom stereocenters. The van der Waals surface area contributed by atoms with Gasteiger partial charge in [0.2, 0.25) is 0 Å². The monoisotopic (exact) mass is 205 g/mol. The molecule has 15 heavy (non-hydrogen) atoms. The summed E-state index contributed by atoms with van der Waals surface area (Å²) in [6.45, 7) is 0. The van der Waals surface area contributed by atoms with Crippen LogP contribution in [-0.2, 0) is 0 Å². The molecule has 1 aromatic carbocycles. The van der Waals surface area contributed by atoms with Gasteiger partial charge in [0.1, 0.15) is 0 Å². The van der Waals surface area contributed by atoms with Crippen LogP contribution in [-0.4, -0.2) is 22.1 Å². The van der Waals surface area contributed by atoms with Gasteiger partial charge in [0.25, 0.3) is 0 Å². The molecule has 0 saturated heterocycles. The number of nitriles is 1. The van der Waals surface area contributed by atoms with E-state index in [1.165, 1.54) is 18.2 Å². The van der Waals surface area contributed by atoms with Crippen LogP contribution in [0, 0.1) is 11.3 Å². The molecule has 0 amide bonds. The Balaban J connectivity index is 3.37. The van der Waals surface area contributed by atoms with E-state index in [1.807, 2.05) is 0 Å². The molecule has 6 nitrogen and oxygen atoms in total. The second kappa shape index (κ2) is 4.11. The minimum atomic E-state index is -1.18. The van der Waals surface area contributed by atoms with Crippen molar-refractivity contribution in [3.63, 3.8) is 0 Å². The van der Waals surface area contributed by atoms with Gasteiger partial charge < -0.3 is 16.0 Å². The van der Waals surface area contributed by atoms with E-state index in [-0.39, 0.29) is 22.5 Å². The number of rotatable bonds is 2. The van der Waals surface area contributed by atoms with Crippen LogP contribution in [0.25, 0.3) is 0 Å². The normalized spacial score (nSPS) is 10.7. The van der Waals surface area contributed by atoms with Crippen LogP contribution in [0.5, 0.6) is 0 Å². The minimum absolute atomic E-state index is 0.0874. The summed E-state index contributed by atoms with van der Waals surface area (Å²) < 4.78 is 0. The van der Waals surface area contributed by atoms with Gasteiger partial charge in [0.15, 0.2) is 5.84 Å². The Bertz CT molecular complexity index is 474. The average molecular weight is 205 g/mol. The maximum absolute atomic E-state index is 10.7. The Labute approximate surface area is 84.9 Å². The summed E-state index contributed by atoms with van der Waals surface area (Å²) in [6.07, 6.45) is 0. The number of nitrogens with two attached hydrogens (primary N) is 1. The van der Waals surface area contributed by atoms with Gasteiger partial charge in [-0.15, -0.1) is 0 Å². The van der Waals surface area contributed by atoms with Gasteiger partial charge in [-0.25, -0.2) is 4.79 Å². The standard InChI is InChI=1S/C9H7N3O3/c10-4-5-1-6(8(11)12-15)3-7(2-5)9(13)14/h1-3,15H,(H2,11,12)(H,13,14). The van der Waals surface area contributed by atoms with Crippen molar-refractivity contribution in [3.8, 4) is 6.07 Å². The first-order valence-corrected chi connectivity index (χ1v) is 3.85. The zero-order valence-corrected chi connectivity index (χ0v) is 7.51. The van der Waals surface area contributed by atoms with E-state index in [4.69, 9.17) is 21.3 Å². The van der Waals surface area contributed by atoms with Gasteiger partial charge >= 0.3 is 5.97 Å². The number of amidine groups is 1. The predicted molar refractivity (Wildman–Crippen MR) is 50.6 cm³/mol. The van der Waals surface area contributed by atoms with Crippen LogP contribution >= 0.6 is 0 Å². The van der Waals surface area contributed by atoms with Crippen molar-refractivity contribution in [2.75, 3.05) is 0 Å². The summed E-state index contributed by atoms with van der Waals surface area (Å²) in [6, 6.07) is 5.55. The molecule has 0 aliphatic rings. The van der Waals surface area contributed by atoms with E-state index in [9.17, 15) is 4.79 Å². The van der Waals surface area contributed by atoms with Crippen molar-refractivity contribution in [2.45, 2.75) is 0 Å². The number of benzene rings is 1. The fourth-order valence-electron chi connectivity index (χ4n) is 1.02. The van der Waals surface area contributed by atoms with E-state index in [2.05, 4.69) is 5.16 Å². The molecule has 0 spiro atoms. The van der Waals surface area contributed by atoms with Crippen molar-refractivity contribution in [1.82, 2.24) is 0 Å². The molecule has 0 aliphatic carbocycles. The maximum Gasteiger partial charge on any atom is 0.335 e. The first-order valence-electron chi connectivity index (χ1n) is 3.85. The molecule has 1 aromatic rings. The molecule has 0 aromatic heterocycles. The molecule has 0 fully saturated rings. The van der Waals surface area contributed by atoms with Crippen LogP contribution < -0.4 is 5.73 Å². The molecule has 0 bridgehead atoms. The summed E-state index contributed by atoms with van der Waals surface area (Å²) in [4.78, 5) is 10.7. The highest BCUT2D eigenvalue weighted by Crippen LogP contribution is 2.09. The largest absolute Gasteiger partial charge is 0.478 e. The molecule has 0 saturated carbocycles. The van der Waals surface area contributed by atoms with E-state index < -0.39 is 5.97 Å². The molecule has 0 heterocycles. The lowest BCUT2D eigenvalue weighted by molar-refractivity contribution is 0.0697. The van der Waals surface area contributed by atoms with Gasteiger partial charge in [-0.1, -0.05) is 5.16 Å². The number of carbonyl (C=O) groups is 1. The van der Waals surface area contributed by atoms with E-state index in [0.717, 1.165) is 0 Å². The molecule has 0 aliphatic heterocycles. The van der Waals surface area contributed by atoms with Crippen LogP contribution in [0.1, 0.15) is 21.5 Å². The third-order valence-corrected chi connectivity index (χ3v) is 1.71. The molecule has 1 rings (SSSR count). The van der Waals surface area contributed by atoms with Gasteiger partial charge in [-0.05, 0) is 18.2 Å². The van der Waals surface area contributed by atoms with Crippen molar-refractivity contribution in [1.29, 1.82) is 5.26 Å². The minimum Gasteiger partial charge on any atom is -0.478 e. The van der Waals surface area contributed by atoms with E-state index in [1.54, 1.807) is 6.07 Å². The first-order chi connectivity index (χ1) is 7.08. The van der Waals surface area contributed by atoms with Gasteiger partial charge in [0.05, 0.1) is 17.2 Å². The van der Waals surface area contributed by atoms with E-state index >= 15 is 0 Å². The number of carboxylic acids is 1. The number of oxime groups is 1. The topological polar surface area (TPSA) is 120 Å². The smallest absolute Gasteiger partial charge is 0.335 e. The zero-order chi connectivity index (χ0) is 11.4. The number of hydrogen-bond acceptors (Lipinski definition) is 4. The summed E-state index contributed by atoms with van der Waals surface area (Å²) in [5.74, 6) is -1.42. The van der Waals surface area contributed by atoms with Crippen LogP contribution in [0.3, 0.4) is 0 Å². The van der Waals surface area contributed by atoms with Crippen molar-refractivity contribution >= 4 is 11.8 Å². The lowest BCUT2D eigenvalue weighted by Crippen LogP contribution is -2.14. The highest BCUT2D eigenvalue weighted by molar-refractivity contribution is 6.00. The van der Waals surface area contributed by atoms with Gasteiger partial charge in [-0.3, -0.25) is 0 Å². The molecule has 6 heteroatoms. The van der Waals surface area contributed by atoms with Gasteiger partial charge in [0, 0.05) is 5.56 Å². The molecule has 0 radical (unpaired) electrons. The third-order valence-electron chi connectivity index (χ3n) is 1.71. The van der Waals surface area contributed by atoms with Crippen LogP contribution in [0.15, 0.2) is 23.4 Å². The van der Waals surface area contributed by atoms with Crippen molar-refractivity contribution in [3.05, 3.63) is 34.9 Å². The fraction of sp³-hybridized carbons (Fsp3) is 0. The average Bonchev–Trinajstić information content (AvgIpc) is 2.27. The highest BCUT2D eigenvalue weighted by atomic mass is 16.4. The lowest BCUT2D eigenvalue weighted by atomic mass is 10.1. The molecule has 76 valence electrons. The number of hydrogen-bond donors (Lipinski definition) is 3. The number of carboxylic acid groups (broad SMARTS) is 1. The summed E-state index contributed by atoms with van der Waals surface area (Å²) in [5, 5.41) is 28.5. The van der Waals surface area contributed by atoms with Crippen molar-refractivity contribution in [2.24, 2.45) is 10.9 Å². The Morgan fingerprint density at radius 2 is 2.00 bits per heavy atom. The fourth-order valence-corrected chi connectivity index (χ4v) is 1.02. The second-order valence-electron chi connectivity index (χ2n) is 2.70. The van der Waals surface area contributed by atoms with Crippen molar-refractivity contribution < 1.29 is 15.1 Å². The quantitative estimate of drug-likeness (QED) is 0.278. The summed E-state index contributed by atoms with van der Waals surface area (Å²) >= 11 is 0. The summed E-state index contributed by atoms with van der Waals surface area (Å²) in [7, 11) is 0. The predicted octanol–water partition coefficient (Wildman–Crippen LogP) is 0.351.